The van der Waals surface area contributed by atoms with Gasteiger partial charge in [-0.15, -0.1) is 0 Å². The number of aryl methyl sites for hydroxylation is 1. The fourth-order valence-electron chi connectivity index (χ4n) is 1.96. The van der Waals surface area contributed by atoms with E-state index < -0.39 is 0 Å². The Kier molecular flexibility index (Phi) is 4.47. The maximum atomic E-state index is 12.1. The average Bonchev–Trinajstić information content (AvgIpc) is 2.45. The minimum absolute atomic E-state index is 0.291. The molecule has 106 valence electrons. The van der Waals surface area contributed by atoms with E-state index in [1.165, 1.54) is 0 Å². The van der Waals surface area contributed by atoms with Crippen molar-refractivity contribution in [3.63, 3.8) is 0 Å². The second-order valence-electron chi connectivity index (χ2n) is 4.37. The van der Waals surface area contributed by atoms with Gasteiger partial charge in [-0.25, -0.2) is 10.2 Å². The van der Waals surface area contributed by atoms with E-state index >= 15 is 0 Å². The second-order valence-corrected chi connectivity index (χ2v) is 4.37. The Bertz CT molecular complexity index is 650. The Hall–Kier alpha value is -2.21. The molecule has 1 aromatic heterocycles. The molecular formula is C14H19N5O. The lowest BCUT2D eigenvalue weighted by molar-refractivity contribution is 0.681. The Morgan fingerprint density at radius 3 is 2.60 bits per heavy atom. The van der Waals surface area contributed by atoms with E-state index in [1.807, 2.05) is 45.0 Å². The average molecular weight is 273 g/mol. The second kappa shape index (κ2) is 6.29. The van der Waals surface area contributed by atoms with Crippen molar-refractivity contribution in [1.82, 2.24) is 20.0 Å². The molecule has 2 N–H and O–H groups in total. The van der Waals surface area contributed by atoms with Gasteiger partial charge in [0.2, 0.25) is 5.95 Å². The molecule has 2 aromatic rings. The lowest BCUT2D eigenvalue weighted by Crippen LogP contribution is -2.30. The first-order chi connectivity index (χ1) is 9.67. The van der Waals surface area contributed by atoms with Gasteiger partial charge in [0.15, 0.2) is 0 Å². The molecule has 6 heteroatoms. The largest absolute Gasteiger partial charge is 0.352 e. The van der Waals surface area contributed by atoms with Crippen LogP contribution in [0.5, 0.6) is 0 Å². The van der Waals surface area contributed by atoms with Crippen LogP contribution in [0.3, 0.4) is 0 Å². The molecule has 2 rings (SSSR count). The molecule has 0 unspecified atom stereocenters. The van der Waals surface area contributed by atoms with E-state index in [1.54, 1.807) is 4.57 Å². The fourth-order valence-corrected chi connectivity index (χ4v) is 1.96. The van der Waals surface area contributed by atoms with E-state index in [9.17, 15) is 4.79 Å². The molecule has 0 fully saturated rings. The summed E-state index contributed by atoms with van der Waals surface area (Å²) in [6, 6.07) is 7.86. The standard InChI is InChI=1S/C14H19N5O/c1-4-15-18-13-16-12(19(5-2)14(20)17-13)11-9-7-6-8-10(11)3/h6-9,15H,4-5H2,1-3H3,(H,17,18,20). The maximum absolute atomic E-state index is 12.1. The van der Waals surface area contributed by atoms with Crippen LogP contribution in [0.15, 0.2) is 29.1 Å². The molecule has 0 amide bonds. The summed E-state index contributed by atoms with van der Waals surface area (Å²) in [5, 5.41) is 0. The third kappa shape index (κ3) is 2.85. The van der Waals surface area contributed by atoms with Gasteiger partial charge in [-0.3, -0.25) is 9.99 Å². The normalized spacial score (nSPS) is 10.6. The Labute approximate surface area is 117 Å². The van der Waals surface area contributed by atoms with E-state index in [2.05, 4.69) is 20.8 Å². The van der Waals surface area contributed by atoms with Crippen LogP contribution in [-0.4, -0.2) is 21.1 Å². The van der Waals surface area contributed by atoms with Gasteiger partial charge < -0.3 is 0 Å². The van der Waals surface area contributed by atoms with Crippen molar-refractivity contribution in [2.45, 2.75) is 27.3 Å². The Morgan fingerprint density at radius 2 is 1.95 bits per heavy atom. The molecule has 1 aromatic carbocycles. The van der Waals surface area contributed by atoms with Gasteiger partial charge in [0.1, 0.15) is 5.82 Å². The number of benzene rings is 1. The van der Waals surface area contributed by atoms with Crippen molar-refractivity contribution < 1.29 is 0 Å². The van der Waals surface area contributed by atoms with E-state index in [0.717, 1.165) is 11.1 Å². The predicted octanol–water partition coefficient (Wildman–Crippen LogP) is 1.57. The van der Waals surface area contributed by atoms with Gasteiger partial charge in [-0.2, -0.15) is 9.97 Å². The summed E-state index contributed by atoms with van der Waals surface area (Å²) in [5.74, 6) is 0.922. The summed E-state index contributed by atoms with van der Waals surface area (Å²) in [6.45, 7) is 7.09. The van der Waals surface area contributed by atoms with E-state index in [-0.39, 0.29) is 5.69 Å². The molecule has 0 aliphatic heterocycles. The smallest absolute Gasteiger partial charge is 0.289 e. The number of hydrogen-bond acceptors (Lipinski definition) is 5. The van der Waals surface area contributed by atoms with E-state index in [4.69, 9.17) is 0 Å². The Morgan fingerprint density at radius 1 is 1.20 bits per heavy atom. The first-order valence-electron chi connectivity index (χ1n) is 6.71. The Balaban J connectivity index is 2.58. The number of rotatable bonds is 5. The summed E-state index contributed by atoms with van der Waals surface area (Å²) in [4.78, 5) is 20.5. The molecule has 0 atom stereocenters. The highest BCUT2D eigenvalue weighted by atomic mass is 16.1. The van der Waals surface area contributed by atoms with Crippen LogP contribution in [0.2, 0.25) is 0 Å². The van der Waals surface area contributed by atoms with E-state index in [0.29, 0.717) is 24.9 Å². The van der Waals surface area contributed by atoms with Crippen LogP contribution in [0, 0.1) is 6.92 Å². The monoisotopic (exact) mass is 273 g/mol. The van der Waals surface area contributed by atoms with Gasteiger partial charge in [0, 0.05) is 18.7 Å². The van der Waals surface area contributed by atoms with Crippen LogP contribution >= 0.6 is 0 Å². The molecule has 0 radical (unpaired) electrons. The van der Waals surface area contributed by atoms with Crippen molar-refractivity contribution in [2.24, 2.45) is 0 Å². The SMILES string of the molecule is CCNNc1nc(-c2ccccc2C)n(CC)c(=O)n1. The van der Waals surface area contributed by atoms with Gasteiger partial charge in [-0.05, 0) is 19.4 Å². The number of anilines is 1. The zero-order valence-corrected chi connectivity index (χ0v) is 12.0. The highest BCUT2D eigenvalue weighted by Crippen LogP contribution is 2.20. The first kappa shape index (κ1) is 14.2. The highest BCUT2D eigenvalue weighted by Gasteiger charge is 2.12. The molecule has 6 nitrogen and oxygen atoms in total. The van der Waals surface area contributed by atoms with Crippen LogP contribution in [-0.2, 0) is 6.54 Å². The molecule has 1 heterocycles. The molecule has 0 bridgehead atoms. The number of hydrazine groups is 1. The van der Waals surface area contributed by atoms with Crippen LogP contribution in [0.1, 0.15) is 19.4 Å². The fraction of sp³-hybridized carbons (Fsp3) is 0.357. The molecular weight excluding hydrogens is 254 g/mol. The van der Waals surface area contributed by atoms with Crippen LogP contribution < -0.4 is 16.5 Å². The number of aromatic nitrogens is 3. The minimum Gasteiger partial charge on any atom is -0.289 e. The number of nitrogens with zero attached hydrogens (tertiary/aromatic N) is 3. The third-order valence-electron chi connectivity index (χ3n) is 2.98. The maximum Gasteiger partial charge on any atom is 0.352 e. The first-order valence-corrected chi connectivity index (χ1v) is 6.71. The number of nitrogens with one attached hydrogen (secondary N) is 2. The molecule has 0 aliphatic carbocycles. The quantitative estimate of drug-likeness (QED) is 0.809. The van der Waals surface area contributed by atoms with Crippen molar-refractivity contribution in [3.8, 4) is 11.4 Å². The third-order valence-corrected chi connectivity index (χ3v) is 2.98. The molecule has 20 heavy (non-hydrogen) atoms. The summed E-state index contributed by atoms with van der Waals surface area (Å²) in [7, 11) is 0. The molecule has 0 saturated heterocycles. The summed E-state index contributed by atoms with van der Waals surface area (Å²) >= 11 is 0. The lowest BCUT2D eigenvalue weighted by atomic mass is 10.1. The van der Waals surface area contributed by atoms with Crippen molar-refractivity contribution in [1.29, 1.82) is 0 Å². The molecule has 0 spiro atoms. The van der Waals surface area contributed by atoms with Gasteiger partial charge in [0.25, 0.3) is 0 Å². The lowest BCUT2D eigenvalue weighted by Gasteiger charge is -2.13. The van der Waals surface area contributed by atoms with Crippen molar-refractivity contribution in [3.05, 3.63) is 40.3 Å². The summed E-state index contributed by atoms with van der Waals surface area (Å²) in [6.07, 6.45) is 0. The van der Waals surface area contributed by atoms with Crippen LogP contribution in [0.4, 0.5) is 5.95 Å². The highest BCUT2D eigenvalue weighted by molar-refractivity contribution is 5.60. The van der Waals surface area contributed by atoms with Gasteiger partial charge >= 0.3 is 5.69 Å². The van der Waals surface area contributed by atoms with Crippen LogP contribution in [0.25, 0.3) is 11.4 Å². The minimum atomic E-state index is -0.304. The number of hydrogen-bond donors (Lipinski definition) is 2. The summed E-state index contributed by atoms with van der Waals surface area (Å²) < 4.78 is 1.57. The predicted molar refractivity (Wildman–Crippen MR) is 79.4 cm³/mol. The summed E-state index contributed by atoms with van der Waals surface area (Å²) in [5.41, 5.74) is 7.44. The molecule has 0 aliphatic rings. The van der Waals surface area contributed by atoms with Crippen molar-refractivity contribution >= 4 is 5.95 Å². The zero-order valence-electron chi connectivity index (χ0n) is 12.0. The van der Waals surface area contributed by atoms with Gasteiger partial charge in [0.05, 0.1) is 0 Å². The zero-order chi connectivity index (χ0) is 14.5. The topological polar surface area (TPSA) is 71.8 Å². The molecule has 0 saturated carbocycles. The van der Waals surface area contributed by atoms with Crippen molar-refractivity contribution in [2.75, 3.05) is 12.0 Å². The van der Waals surface area contributed by atoms with Gasteiger partial charge in [-0.1, -0.05) is 31.2 Å².